The number of hydrogen-bond donors (Lipinski definition) is 1. The number of halogens is 5. The van der Waals surface area contributed by atoms with Crippen molar-refractivity contribution in [2.45, 2.75) is 12.1 Å². The molecule has 1 aromatic carbocycles. The van der Waals surface area contributed by atoms with Crippen LogP contribution < -0.4 is 0 Å². The van der Waals surface area contributed by atoms with Crippen LogP contribution in [0.4, 0.5) is 13.2 Å². The fourth-order valence-electron chi connectivity index (χ4n) is 2.23. The third-order valence-electron chi connectivity index (χ3n) is 3.31. The Kier molecular flexibility index (Phi) is 4.42. The lowest BCUT2D eigenvalue weighted by Gasteiger charge is -2.17. The third-order valence-corrected chi connectivity index (χ3v) is 3.95. The lowest BCUT2D eigenvalue weighted by atomic mass is 9.94. The van der Waals surface area contributed by atoms with Gasteiger partial charge in [0.2, 0.25) is 0 Å². The normalized spacial score (nSPS) is 13.0. The maximum atomic E-state index is 12.8. The van der Waals surface area contributed by atoms with Gasteiger partial charge in [-0.2, -0.15) is 18.4 Å². The predicted octanol–water partition coefficient (Wildman–Crippen LogP) is 4.10. The van der Waals surface area contributed by atoms with E-state index >= 15 is 0 Å². The molecule has 0 saturated heterocycles. The second kappa shape index (κ2) is 6.37. The van der Waals surface area contributed by atoms with Gasteiger partial charge in [-0.15, -0.1) is 10.2 Å². The number of nitrogens with zero attached hydrogens (tertiary/aromatic N) is 4. The molecular formula is C14H8Cl2F3N5. The minimum absolute atomic E-state index is 0.152. The van der Waals surface area contributed by atoms with Gasteiger partial charge in [-0.25, -0.2) is 0 Å². The Morgan fingerprint density at radius 2 is 1.83 bits per heavy atom. The zero-order valence-corrected chi connectivity index (χ0v) is 13.2. The van der Waals surface area contributed by atoms with Crippen LogP contribution in [0.25, 0.3) is 0 Å². The van der Waals surface area contributed by atoms with Crippen molar-refractivity contribution in [2.24, 2.45) is 0 Å². The Hall–Kier alpha value is -2.19. The Morgan fingerprint density at radius 3 is 2.42 bits per heavy atom. The number of pyridine rings is 1. The largest absolute Gasteiger partial charge is 0.417 e. The number of rotatable bonds is 3. The molecule has 3 rings (SSSR count). The first-order valence-corrected chi connectivity index (χ1v) is 7.34. The van der Waals surface area contributed by atoms with Gasteiger partial charge in [0, 0.05) is 11.2 Å². The van der Waals surface area contributed by atoms with Crippen LogP contribution in [0, 0.1) is 0 Å². The van der Waals surface area contributed by atoms with Gasteiger partial charge in [0.1, 0.15) is 0 Å². The molecule has 0 fully saturated rings. The van der Waals surface area contributed by atoms with E-state index < -0.39 is 17.7 Å². The van der Waals surface area contributed by atoms with Crippen molar-refractivity contribution in [1.82, 2.24) is 25.6 Å². The van der Waals surface area contributed by atoms with Crippen LogP contribution in [0.3, 0.4) is 0 Å². The van der Waals surface area contributed by atoms with E-state index in [4.69, 9.17) is 23.2 Å². The minimum atomic E-state index is -4.54. The average Bonchev–Trinajstić information content (AvgIpc) is 3.04. The van der Waals surface area contributed by atoms with Crippen LogP contribution in [-0.4, -0.2) is 25.6 Å². The first-order chi connectivity index (χ1) is 11.4. The number of alkyl halides is 3. The van der Waals surface area contributed by atoms with Gasteiger partial charge in [-0.1, -0.05) is 46.6 Å². The predicted molar refractivity (Wildman–Crippen MR) is 80.8 cm³/mol. The molecule has 2 heterocycles. The molecule has 1 N–H and O–H groups in total. The third kappa shape index (κ3) is 3.20. The highest BCUT2D eigenvalue weighted by Gasteiger charge is 2.33. The lowest BCUT2D eigenvalue weighted by Crippen LogP contribution is -2.12. The van der Waals surface area contributed by atoms with Crippen LogP contribution in [0.5, 0.6) is 0 Å². The summed E-state index contributed by atoms with van der Waals surface area (Å²) < 4.78 is 38.4. The molecule has 1 atom stereocenters. The summed E-state index contributed by atoms with van der Waals surface area (Å²) in [7, 11) is 0. The molecule has 0 amide bonds. The first-order valence-electron chi connectivity index (χ1n) is 6.58. The maximum Gasteiger partial charge on any atom is 0.417 e. The molecule has 0 aliphatic heterocycles. The number of nitrogens with one attached hydrogen (secondary N) is 1. The molecule has 0 aliphatic carbocycles. The van der Waals surface area contributed by atoms with Gasteiger partial charge in [-0.05, 0) is 17.7 Å². The molecule has 0 aliphatic rings. The SMILES string of the molecule is FC(F)(F)c1cnc([C@@H](c2nn[nH]n2)c2ccccc2Cl)c(Cl)c1. The van der Waals surface area contributed by atoms with Crippen LogP contribution in [0.2, 0.25) is 10.0 Å². The standard InChI is InChI=1S/C14H8Cl2F3N5/c15-9-4-2-1-3-8(9)11(13-21-23-24-22-13)12-10(16)5-7(6-20-12)14(17,18)19/h1-6,11H,(H,21,22,23,24)/t11-/m0/s1. The Balaban J connectivity index is 2.16. The van der Waals surface area contributed by atoms with E-state index in [0.29, 0.717) is 16.8 Å². The Bertz CT molecular complexity index is 852. The van der Waals surface area contributed by atoms with Gasteiger partial charge in [0.15, 0.2) is 5.82 Å². The monoisotopic (exact) mass is 373 g/mol. The second-order valence-corrected chi connectivity index (χ2v) is 5.63. The molecule has 3 aromatic rings. The topological polar surface area (TPSA) is 67.3 Å². The Labute approximate surface area is 143 Å². The molecule has 124 valence electrons. The number of hydrogen-bond acceptors (Lipinski definition) is 4. The smallest absolute Gasteiger partial charge is 0.258 e. The maximum absolute atomic E-state index is 12.8. The highest BCUT2D eigenvalue weighted by atomic mass is 35.5. The number of tetrazole rings is 1. The number of H-pyrrole nitrogens is 1. The highest BCUT2D eigenvalue weighted by Crippen LogP contribution is 2.38. The molecule has 0 saturated carbocycles. The molecular weight excluding hydrogens is 366 g/mol. The van der Waals surface area contributed by atoms with E-state index in [1.165, 1.54) is 0 Å². The zero-order valence-electron chi connectivity index (χ0n) is 11.7. The van der Waals surface area contributed by atoms with Crippen molar-refractivity contribution in [2.75, 3.05) is 0 Å². The molecule has 10 heteroatoms. The van der Waals surface area contributed by atoms with Crippen molar-refractivity contribution in [1.29, 1.82) is 0 Å². The number of aromatic nitrogens is 5. The van der Waals surface area contributed by atoms with Crippen molar-refractivity contribution in [3.63, 3.8) is 0 Å². The van der Waals surface area contributed by atoms with E-state index in [9.17, 15) is 13.2 Å². The van der Waals surface area contributed by atoms with Crippen LogP contribution in [0.15, 0.2) is 36.5 Å². The van der Waals surface area contributed by atoms with Crippen LogP contribution >= 0.6 is 23.2 Å². The average molecular weight is 374 g/mol. The van der Waals surface area contributed by atoms with E-state index in [1.54, 1.807) is 24.3 Å². The van der Waals surface area contributed by atoms with Gasteiger partial charge >= 0.3 is 6.18 Å². The molecule has 5 nitrogen and oxygen atoms in total. The van der Waals surface area contributed by atoms with E-state index in [-0.39, 0.29) is 16.5 Å². The molecule has 2 aromatic heterocycles. The van der Waals surface area contributed by atoms with Crippen LogP contribution in [0.1, 0.15) is 28.6 Å². The van der Waals surface area contributed by atoms with Gasteiger partial charge in [0.25, 0.3) is 0 Å². The van der Waals surface area contributed by atoms with Crippen molar-refractivity contribution >= 4 is 23.2 Å². The molecule has 24 heavy (non-hydrogen) atoms. The van der Waals surface area contributed by atoms with Crippen molar-refractivity contribution in [3.8, 4) is 0 Å². The summed E-state index contributed by atoms with van der Waals surface area (Å²) in [6.07, 6.45) is -3.83. The van der Waals surface area contributed by atoms with Crippen LogP contribution in [-0.2, 0) is 6.18 Å². The van der Waals surface area contributed by atoms with Gasteiger partial charge in [0.05, 0.1) is 22.2 Å². The minimum Gasteiger partial charge on any atom is -0.258 e. The quantitative estimate of drug-likeness (QED) is 0.750. The fourth-order valence-corrected chi connectivity index (χ4v) is 2.75. The summed E-state index contributed by atoms with van der Waals surface area (Å²) in [5.41, 5.74) is -0.240. The molecule has 0 bridgehead atoms. The molecule has 0 radical (unpaired) electrons. The summed E-state index contributed by atoms with van der Waals surface area (Å²) in [6, 6.07) is 7.60. The lowest BCUT2D eigenvalue weighted by molar-refractivity contribution is -0.137. The number of benzene rings is 1. The van der Waals surface area contributed by atoms with E-state index in [0.717, 1.165) is 6.07 Å². The second-order valence-electron chi connectivity index (χ2n) is 4.81. The van der Waals surface area contributed by atoms with E-state index in [2.05, 4.69) is 25.6 Å². The first kappa shape index (κ1) is 16.7. The van der Waals surface area contributed by atoms with E-state index in [1.807, 2.05) is 0 Å². The summed E-state index contributed by atoms with van der Waals surface area (Å²) in [4.78, 5) is 3.89. The van der Waals surface area contributed by atoms with Gasteiger partial charge < -0.3 is 0 Å². The number of aromatic amines is 1. The van der Waals surface area contributed by atoms with Crippen molar-refractivity contribution in [3.05, 3.63) is 69.2 Å². The zero-order chi connectivity index (χ0) is 17.3. The highest BCUT2D eigenvalue weighted by molar-refractivity contribution is 6.32. The summed E-state index contributed by atoms with van der Waals surface area (Å²) >= 11 is 12.3. The summed E-state index contributed by atoms with van der Waals surface area (Å²) in [5.74, 6) is -0.565. The summed E-state index contributed by atoms with van der Waals surface area (Å²) in [6.45, 7) is 0. The van der Waals surface area contributed by atoms with Gasteiger partial charge in [-0.3, -0.25) is 4.98 Å². The summed E-state index contributed by atoms with van der Waals surface area (Å²) in [5, 5.41) is 13.8. The Morgan fingerprint density at radius 1 is 1.08 bits per heavy atom. The fraction of sp³-hybridized carbons (Fsp3) is 0.143. The molecule has 0 unspecified atom stereocenters. The van der Waals surface area contributed by atoms with Crippen molar-refractivity contribution < 1.29 is 13.2 Å². The molecule has 0 spiro atoms.